The Bertz CT molecular complexity index is 1850. The van der Waals surface area contributed by atoms with Crippen molar-refractivity contribution >= 4 is 37.3 Å². The summed E-state index contributed by atoms with van der Waals surface area (Å²) < 4.78 is 113. The lowest BCUT2D eigenvalue weighted by atomic mass is 10.1. The van der Waals surface area contributed by atoms with Gasteiger partial charge in [-0.3, -0.25) is 9.13 Å². The molecule has 0 saturated carbocycles. The van der Waals surface area contributed by atoms with Gasteiger partial charge in [0.25, 0.3) is 10.0 Å². The summed E-state index contributed by atoms with van der Waals surface area (Å²) in [5.41, 5.74) is 1.39. The average Bonchev–Trinajstić information content (AvgIpc) is 3.55. The quantitative estimate of drug-likeness (QED) is 0.191. The number of hydrogen-bond acceptors (Lipinski definition) is 5. The third-order valence-corrected chi connectivity index (χ3v) is 8.37. The van der Waals surface area contributed by atoms with Crippen molar-refractivity contribution in [2.45, 2.75) is 17.2 Å². The fraction of sp³-hybridized carbons (Fsp3) is 0.0800. The Labute approximate surface area is 240 Å². The van der Waals surface area contributed by atoms with Crippen molar-refractivity contribution in [3.63, 3.8) is 0 Å². The summed E-state index contributed by atoms with van der Waals surface area (Å²) in [6.45, 7) is 0. The van der Waals surface area contributed by atoms with Gasteiger partial charge in [0, 0.05) is 21.2 Å². The number of nitrogens with zero attached hydrogens (tertiary/aromatic N) is 5. The molecule has 5 rings (SSSR count). The second-order valence-corrected chi connectivity index (χ2v) is 11.7. The Balaban J connectivity index is 1.61. The van der Waals surface area contributed by atoms with Crippen LogP contribution in [-0.2, 0) is 22.4 Å². The second-order valence-electron chi connectivity index (χ2n) is 8.32. The van der Waals surface area contributed by atoms with E-state index in [1.165, 1.54) is 0 Å². The molecule has 2 aromatic heterocycles. The number of thiazole rings is 1. The highest BCUT2D eigenvalue weighted by molar-refractivity contribution is 9.10. The van der Waals surface area contributed by atoms with Crippen LogP contribution in [0.5, 0.6) is 0 Å². The normalized spacial score (nSPS) is 13.1. The molecular formula is C25H14BrF6N5O2S2. The molecule has 16 heteroatoms. The first kappa shape index (κ1) is 28.8. The Morgan fingerprint density at radius 3 is 1.80 bits per heavy atom. The number of hydrogen-bond donors (Lipinski definition) is 0. The highest BCUT2D eigenvalue weighted by Gasteiger charge is 2.45. The number of aromatic nitrogens is 4. The van der Waals surface area contributed by atoms with Crippen LogP contribution in [0, 0.1) is 0 Å². The van der Waals surface area contributed by atoms with Gasteiger partial charge in [-0.15, -0.1) is 25.9 Å². The molecule has 0 unspecified atom stereocenters. The van der Waals surface area contributed by atoms with Crippen molar-refractivity contribution in [1.82, 2.24) is 19.3 Å². The highest BCUT2D eigenvalue weighted by atomic mass is 79.9. The third-order valence-electron chi connectivity index (χ3n) is 5.62. The minimum atomic E-state index is -5.26. The van der Waals surface area contributed by atoms with Gasteiger partial charge in [-0.1, -0.05) is 46.3 Å². The van der Waals surface area contributed by atoms with Crippen LogP contribution in [0.2, 0.25) is 0 Å². The average molecular weight is 674 g/mol. The number of rotatable bonds is 5. The summed E-state index contributed by atoms with van der Waals surface area (Å²) >= 11 is 4.41. The molecule has 0 aliphatic rings. The molecule has 5 aromatic rings. The monoisotopic (exact) mass is 673 g/mol. The molecule has 212 valence electrons. The van der Waals surface area contributed by atoms with E-state index in [4.69, 9.17) is 0 Å². The van der Waals surface area contributed by atoms with Crippen LogP contribution in [-0.4, -0.2) is 27.7 Å². The van der Waals surface area contributed by atoms with Gasteiger partial charge in [-0.05, 0) is 54.1 Å². The summed E-state index contributed by atoms with van der Waals surface area (Å²) in [4.78, 5) is -0.384. The molecule has 3 aromatic carbocycles. The van der Waals surface area contributed by atoms with Gasteiger partial charge in [0.1, 0.15) is 0 Å². The van der Waals surface area contributed by atoms with Crippen molar-refractivity contribution in [2.24, 2.45) is 4.40 Å². The van der Waals surface area contributed by atoms with Crippen LogP contribution in [0.3, 0.4) is 0 Å². The highest BCUT2D eigenvalue weighted by Crippen LogP contribution is 2.36. The molecule has 0 bridgehead atoms. The number of para-hydroxylation sites is 1. The number of sulfonamides is 1. The molecule has 0 saturated heterocycles. The maximum absolute atomic E-state index is 13.4. The number of halogens is 7. The molecule has 7 nitrogen and oxygen atoms in total. The fourth-order valence-electron chi connectivity index (χ4n) is 3.84. The summed E-state index contributed by atoms with van der Waals surface area (Å²) in [6.07, 6.45) is -10.5. The standard InChI is InChI=1S/C25H14BrF6N5O2S2/c26-16-8-6-15(7-9-16)20-14-40-23(36(20)17-4-2-1-3-5-17)35-41(38,39)19-12-10-18(11-13-19)37-21(24(27,28)29)33-34-22(37)25(30,31)32/h1-14H/b35-23+. The lowest BCUT2D eigenvalue weighted by molar-refractivity contribution is -0.153. The van der Waals surface area contributed by atoms with E-state index in [0.29, 0.717) is 11.4 Å². The predicted octanol–water partition coefficient (Wildman–Crippen LogP) is 6.88. The molecule has 0 aliphatic heterocycles. The summed E-state index contributed by atoms with van der Waals surface area (Å²) in [5.74, 6) is -3.82. The van der Waals surface area contributed by atoms with Crippen LogP contribution in [0.1, 0.15) is 11.6 Å². The zero-order valence-electron chi connectivity index (χ0n) is 20.1. The second kappa shape index (κ2) is 10.6. The van der Waals surface area contributed by atoms with Crippen LogP contribution >= 0.6 is 27.3 Å². The van der Waals surface area contributed by atoms with Gasteiger partial charge in [0.05, 0.1) is 10.6 Å². The van der Waals surface area contributed by atoms with E-state index in [1.807, 2.05) is 24.3 Å². The van der Waals surface area contributed by atoms with Gasteiger partial charge in [0.2, 0.25) is 16.5 Å². The number of benzene rings is 3. The van der Waals surface area contributed by atoms with Gasteiger partial charge in [-0.2, -0.15) is 34.8 Å². The largest absolute Gasteiger partial charge is 0.452 e. The third kappa shape index (κ3) is 5.85. The number of alkyl halides is 6. The van der Waals surface area contributed by atoms with Crippen molar-refractivity contribution in [1.29, 1.82) is 0 Å². The van der Waals surface area contributed by atoms with Crippen molar-refractivity contribution < 1.29 is 34.8 Å². The zero-order valence-corrected chi connectivity index (χ0v) is 23.3. The molecule has 0 spiro atoms. The van der Waals surface area contributed by atoms with Crippen molar-refractivity contribution in [2.75, 3.05) is 0 Å². The van der Waals surface area contributed by atoms with Crippen LogP contribution < -0.4 is 4.80 Å². The summed E-state index contributed by atoms with van der Waals surface area (Å²) in [5, 5.41) is 7.03. The van der Waals surface area contributed by atoms with E-state index in [1.54, 1.807) is 40.3 Å². The molecule has 0 radical (unpaired) electrons. The van der Waals surface area contributed by atoms with Crippen LogP contribution in [0.4, 0.5) is 26.3 Å². The first-order valence-electron chi connectivity index (χ1n) is 11.3. The first-order chi connectivity index (χ1) is 19.3. The van der Waals surface area contributed by atoms with Gasteiger partial charge >= 0.3 is 12.4 Å². The smallest absolute Gasteiger partial charge is 0.284 e. The molecular weight excluding hydrogens is 660 g/mol. The summed E-state index contributed by atoms with van der Waals surface area (Å²) in [6, 6.07) is 19.4. The zero-order chi connectivity index (χ0) is 29.6. The predicted molar refractivity (Wildman–Crippen MR) is 141 cm³/mol. The van der Waals surface area contributed by atoms with Gasteiger partial charge in [-0.25, -0.2) is 0 Å². The van der Waals surface area contributed by atoms with E-state index in [0.717, 1.165) is 45.6 Å². The maximum Gasteiger partial charge on any atom is 0.452 e. The van der Waals surface area contributed by atoms with Crippen LogP contribution in [0.25, 0.3) is 22.6 Å². The minimum Gasteiger partial charge on any atom is -0.284 e. The Morgan fingerprint density at radius 1 is 0.732 bits per heavy atom. The van der Waals surface area contributed by atoms with Gasteiger partial charge < -0.3 is 0 Å². The molecule has 0 atom stereocenters. The minimum absolute atomic E-state index is 0.0655. The first-order valence-corrected chi connectivity index (χ1v) is 14.4. The lowest BCUT2D eigenvalue weighted by Gasteiger charge is -2.13. The summed E-state index contributed by atoms with van der Waals surface area (Å²) in [7, 11) is -4.46. The van der Waals surface area contributed by atoms with E-state index in [-0.39, 0.29) is 9.37 Å². The van der Waals surface area contributed by atoms with Crippen molar-refractivity contribution in [3.8, 4) is 22.6 Å². The fourth-order valence-corrected chi connectivity index (χ4v) is 6.21. The Hall–Kier alpha value is -3.76. The van der Waals surface area contributed by atoms with Gasteiger partial charge in [0.15, 0.2) is 0 Å². The molecule has 2 heterocycles. The molecule has 0 fully saturated rings. The molecule has 0 N–H and O–H groups in total. The van der Waals surface area contributed by atoms with Crippen LogP contribution in [0.15, 0.2) is 98.0 Å². The van der Waals surface area contributed by atoms with E-state index in [9.17, 15) is 34.8 Å². The lowest BCUT2D eigenvalue weighted by Crippen LogP contribution is -2.19. The molecule has 0 amide bonds. The topological polar surface area (TPSA) is 82.1 Å². The Morgan fingerprint density at radius 2 is 1.27 bits per heavy atom. The van der Waals surface area contributed by atoms with Crippen molar-refractivity contribution in [3.05, 3.63) is 105 Å². The molecule has 0 aliphatic carbocycles. The molecule has 41 heavy (non-hydrogen) atoms. The SMILES string of the molecule is O=S(=O)(/N=c1/scc(-c2ccc(Br)cc2)n1-c1ccccc1)c1ccc(-n2c(C(F)(F)F)nnc2C(F)(F)F)cc1. The maximum atomic E-state index is 13.4. The van der Waals surface area contributed by atoms with E-state index < -0.39 is 44.6 Å². The van der Waals surface area contributed by atoms with E-state index >= 15 is 0 Å². The van der Waals surface area contributed by atoms with E-state index in [2.05, 4.69) is 30.5 Å². The Kier molecular flexibility index (Phi) is 7.42.